The van der Waals surface area contributed by atoms with Gasteiger partial charge in [0.1, 0.15) is 0 Å². The van der Waals surface area contributed by atoms with E-state index in [9.17, 15) is 9.59 Å². The fourth-order valence-electron chi connectivity index (χ4n) is 2.33. The molecule has 3 rings (SSSR count). The summed E-state index contributed by atoms with van der Waals surface area (Å²) in [6, 6.07) is 16.7. The predicted octanol–water partition coefficient (Wildman–Crippen LogP) is 4.30. The molecule has 0 radical (unpaired) electrons. The van der Waals surface area contributed by atoms with Gasteiger partial charge in [-0.1, -0.05) is 48.0 Å². The van der Waals surface area contributed by atoms with Crippen molar-refractivity contribution in [1.29, 1.82) is 0 Å². The van der Waals surface area contributed by atoms with Crippen LogP contribution in [0, 0.1) is 6.92 Å². The summed E-state index contributed by atoms with van der Waals surface area (Å²) < 4.78 is 5.24. The predicted molar refractivity (Wildman–Crippen MR) is 102 cm³/mol. The maximum atomic E-state index is 12.3. The van der Waals surface area contributed by atoms with Crippen LogP contribution in [-0.4, -0.2) is 23.0 Å². The average Bonchev–Trinajstić information content (AvgIpc) is 3.11. The maximum absolute atomic E-state index is 12.3. The van der Waals surface area contributed by atoms with Gasteiger partial charge in [0.05, 0.1) is 11.3 Å². The quantitative estimate of drug-likeness (QED) is 0.684. The van der Waals surface area contributed by atoms with E-state index in [0.29, 0.717) is 10.7 Å². The molecule has 5 nitrogen and oxygen atoms in total. The Labute approximate surface area is 155 Å². The third-order valence-corrected chi connectivity index (χ3v) is 4.47. The van der Waals surface area contributed by atoms with E-state index < -0.39 is 18.0 Å². The Balaban J connectivity index is 1.61. The summed E-state index contributed by atoms with van der Waals surface area (Å²) in [4.78, 5) is 28.8. The molecule has 1 amide bonds. The number of esters is 1. The molecule has 0 unspecified atom stereocenters. The number of carbonyl (C=O) groups excluding carboxylic acids is 2. The number of rotatable bonds is 5. The number of aryl methyl sites for hydroxylation is 1. The van der Waals surface area contributed by atoms with Crippen LogP contribution in [0.5, 0.6) is 0 Å². The molecule has 0 saturated carbocycles. The van der Waals surface area contributed by atoms with E-state index in [1.54, 1.807) is 18.2 Å². The zero-order chi connectivity index (χ0) is 18.5. The van der Waals surface area contributed by atoms with Gasteiger partial charge in [0.15, 0.2) is 11.2 Å². The first-order valence-corrected chi connectivity index (χ1v) is 9.00. The number of aromatic nitrogens is 1. The molecule has 0 spiro atoms. The van der Waals surface area contributed by atoms with E-state index in [1.807, 2.05) is 48.7 Å². The second-order valence-electron chi connectivity index (χ2n) is 5.81. The Morgan fingerprint density at radius 2 is 1.88 bits per heavy atom. The van der Waals surface area contributed by atoms with Crippen molar-refractivity contribution in [2.45, 2.75) is 20.0 Å². The molecule has 0 aliphatic heterocycles. The van der Waals surface area contributed by atoms with Crippen LogP contribution in [0.25, 0.3) is 11.3 Å². The van der Waals surface area contributed by atoms with E-state index in [2.05, 4.69) is 10.3 Å². The number of nitrogens with one attached hydrogen (secondary N) is 1. The lowest BCUT2D eigenvalue weighted by Gasteiger charge is -2.12. The first kappa shape index (κ1) is 17.8. The van der Waals surface area contributed by atoms with Crippen molar-refractivity contribution in [3.8, 4) is 11.3 Å². The fraction of sp³-hybridized carbons (Fsp3) is 0.150. The zero-order valence-corrected chi connectivity index (χ0v) is 15.2. The van der Waals surface area contributed by atoms with Gasteiger partial charge in [-0.3, -0.25) is 10.1 Å². The van der Waals surface area contributed by atoms with Crippen LogP contribution in [0.2, 0.25) is 0 Å². The van der Waals surface area contributed by atoms with Crippen molar-refractivity contribution in [3.05, 3.63) is 71.1 Å². The number of thiazole rings is 1. The number of nitrogens with zero attached hydrogens (tertiary/aromatic N) is 1. The summed E-state index contributed by atoms with van der Waals surface area (Å²) in [5.41, 5.74) is 3.14. The average molecular weight is 366 g/mol. The lowest BCUT2D eigenvalue weighted by atomic mass is 10.1. The van der Waals surface area contributed by atoms with Gasteiger partial charge >= 0.3 is 5.97 Å². The summed E-state index contributed by atoms with van der Waals surface area (Å²) in [5.74, 6) is -0.944. The lowest BCUT2D eigenvalue weighted by molar-refractivity contribution is -0.123. The minimum Gasteiger partial charge on any atom is -0.449 e. The van der Waals surface area contributed by atoms with Crippen LogP contribution in [0.3, 0.4) is 0 Å². The normalized spacial score (nSPS) is 11.6. The first-order valence-electron chi connectivity index (χ1n) is 8.12. The Morgan fingerprint density at radius 1 is 1.12 bits per heavy atom. The number of carbonyl (C=O) groups is 2. The summed E-state index contributed by atoms with van der Waals surface area (Å²) in [6.45, 7) is 3.43. The van der Waals surface area contributed by atoms with Crippen LogP contribution in [0.15, 0.2) is 60.0 Å². The van der Waals surface area contributed by atoms with Gasteiger partial charge in [-0.05, 0) is 26.0 Å². The molecule has 26 heavy (non-hydrogen) atoms. The molecule has 1 N–H and O–H groups in total. The molecular weight excluding hydrogens is 348 g/mol. The summed E-state index contributed by atoms with van der Waals surface area (Å²) in [6.07, 6.45) is -0.924. The molecule has 0 saturated heterocycles. The highest BCUT2D eigenvalue weighted by atomic mass is 32.1. The number of benzene rings is 2. The highest BCUT2D eigenvalue weighted by Crippen LogP contribution is 2.24. The molecule has 0 fully saturated rings. The molecule has 0 aliphatic carbocycles. The molecular formula is C20H18N2O3S. The van der Waals surface area contributed by atoms with Crippen LogP contribution in [0.1, 0.15) is 22.8 Å². The molecule has 1 heterocycles. The first-order chi connectivity index (χ1) is 12.5. The third-order valence-electron chi connectivity index (χ3n) is 3.71. The molecule has 0 bridgehead atoms. The van der Waals surface area contributed by atoms with E-state index in [1.165, 1.54) is 18.3 Å². The topological polar surface area (TPSA) is 68.3 Å². The standard InChI is InChI=1S/C20H18N2O3S/c1-13-7-6-10-16(11-13)19(24)25-14(2)18(23)22-20-21-17(12-26-20)15-8-4-3-5-9-15/h3-12,14H,1-2H3,(H,21,22,23)/t14-/m0/s1. The zero-order valence-electron chi connectivity index (χ0n) is 14.4. The second kappa shape index (κ2) is 7.93. The third kappa shape index (κ3) is 4.34. The Morgan fingerprint density at radius 3 is 2.62 bits per heavy atom. The van der Waals surface area contributed by atoms with Gasteiger partial charge in [0.2, 0.25) is 0 Å². The number of hydrogen-bond acceptors (Lipinski definition) is 5. The summed E-state index contributed by atoms with van der Waals surface area (Å²) >= 11 is 1.32. The van der Waals surface area contributed by atoms with Crippen molar-refractivity contribution >= 4 is 28.3 Å². The van der Waals surface area contributed by atoms with Gasteiger partial charge in [-0.15, -0.1) is 11.3 Å². The van der Waals surface area contributed by atoms with Gasteiger partial charge in [-0.25, -0.2) is 9.78 Å². The molecule has 132 valence electrons. The van der Waals surface area contributed by atoms with E-state index in [0.717, 1.165) is 16.8 Å². The number of hydrogen-bond donors (Lipinski definition) is 1. The molecule has 6 heteroatoms. The van der Waals surface area contributed by atoms with Crippen molar-refractivity contribution in [1.82, 2.24) is 4.98 Å². The van der Waals surface area contributed by atoms with Crippen molar-refractivity contribution in [2.75, 3.05) is 5.32 Å². The van der Waals surface area contributed by atoms with Gasteiger partial charge < -0.3 is 4.74 Å². The van der Waals surface area contributed by atoms with Crippen molar-refractivity contribution in [3.63, 3.8) is 0 Å². The molecule has 0 aliphatic rings. The number of amides is 1. The number of anilines is 1. The van der Waals surface area contributed by atoms with E-state index >= 15 is 0 Å². The molecule has 3 aromatic rings. The highest BCUT2D eigenvalue weighted by molar-refractivity contribution is 7.14. The lowest BCUT2D eigenvalue weighted by Crippen LogP contribution is -2.30. The van der Waals surface area contributed by atoms with E-state index in [4.69, 9.17) is 4.74 Å². The molecule has 1 atom stereocenters. The minimum atomic E-state index is -0.924. The van der Waals surface area contributed by atoms with Crippen LogP contribution in [-0.2, 0) is 9.53 Å². The Hall–Kier alpha value is -2.99. The maximum Gasteiger partial charge on any atom is 0.338 e. The number of ether oxygens (including phenoxy) is 1. The monoisotopic (exact) mass is 366 g/mol. The summed E-state index contributed by atoms with van der Waals surface area (Å²) in [5, 5.41) is 5.03. The summed E-state index contributed by atoms with van der Waals surface area (Å²) in [7, 11) is 0. The fourth-order valence-corrected chi connectivity index (χ4v) is 3.06. The van der Waals surface area contributed by atoms with Crippen molar-refractivity contribution < 1.29 is 14.3 Å². The van der Waals surface area contributed by atoms with Gasteiger partial charge in [0.25, 0.3) is 5.91 Å². The van der Waals surface area contributed by atoms with Crippen molar-refractivity contribution in [2.24, 2.45) is 0 Å². The van der Waals surface area contributed by atoms with Gasteiger partial charge in [-0.2, -0.15) is 0 Å². The minimum absolute atomic E-state index is 0.417. The van der Waals surface area contributed by atoms with Crippen LogP contribution in [0.4, 0.5) is 5.13 Å². The second-order valence-corrected chi connectivity index (χ2v) is 6.67. The molecule has 1 aromatic heterocycles. The Bertz CT molecular complexity index is 922. The Kier molecular flexibility index (Phi) is 5.43. The van der Waals surface area contributed by atoms with Gasteiger partial charge in [0, 0.05) is 10.9 Å². The SMILES string of the molecule is Cc1cccc(C(=O)O[C@@H](C)C(=O)Nc2nc(-c3ccccc3)cs2)c1. The van der Waals surface area contributed by atoms with E-state index in [-0.39, 0.29) is 0 Å². The smallest absolute Gasteiger partial charge is 0.338 e. The van der Waals surface area contributed by atoms with Crippen LogP contribution >= 0.6 is 11.3 Å². The highest BCUT2D eigenvalue weighted by Gasteiger charge is 2.20. The van der Waals surface area contributed by atoms with Crippen LogP contribution < -0.4 is 5.32 Å². The molecule has 2 aromatic carbocycles. The largest absolute Gasteiger partial charge is 0.449 e.